The maximum absolute atomic E-state index is 13.6. The topological polar surface area (TPSA) is 123 Å². The molecule has 0 bridgehead atoms. The van der Waals surface area contributed by atoms with Crippen molar-refractivity contribution >= 4 is 52.9 Å². The molecule has 3 amide bonds. The van der Waals surface area contributed by atoms with Crippen LogP contribution in [-0.4, -0.2) is 36.6 Å². The van der Waals surface area contributed by atoms with Crippen molar-refractivity contribution in [2.75, 3.05) is 23.5 Å². The molecule has 0 spiro atoms. The predicted octanol–water partition coefficient (Wildman–Crippen LogP) is 7.19. The summed E-state index contributed by atoms with van der Waals surface area (Å²) in [5.74, 6) is -1.12. The summed E-state index contributed by atoms with van der Waals surface area (Å²) in [6.07, 6.45) is 1.59. The quantitative estimate of drug-likeness (QED) is 0.0688. The highest BCUT2D eigenvalue weighted by molar-refractivity contribution is 8.00. The molecule has 10 heteroatoms. The Hall–Kier alpha value is -6.13. The van der Waals surface area contributed by atoms with E-state index in [1.165, 1.54) is 18.9 Å². The number of hydrogen-bond acceptors (Lipinski definition) is 7. The number of methoxy groups -OCH3 is 1. The third-order valence-electron chi connectivity index (χ3n) is 7.04. The molecule has 5 aromatic rings. The van der Waals surface area contributed by atoms with Crippen molar-refractivity contribution in [3.8, 4) is 5.75 Å². The number of amides is 3. The van der Waals surface area contributed by atoms with Crippen molar-refractivity contribution in [1.82, 2.24) is 5.32 Å². The average molecular weight is 672 g/mol. The van der Waals surface area contributed by atoms with E-state index < -0.39 is 17.8 Å². The van der Waals surface area contributed by atoms with Crippen LogP contribution in [0.3, 0.4) is 0 Å². The Bertz CT molecular complexity index is 1950. The molecule has 0 heterocycles. The molecule has 0 aliphatic carbocycles. The summed E-state index contributed by atoms with van der Waals surface area (Å²) >= 11 is 1.26. The van der Waals surface area contributed by atoms with Crippen molar-refractivity contribution in [1.29, 1.82) is 0 Å². The van der Waals surface area contributed by atoms with Crippen molar-refractivity contribution in [3.05, 3.63) is 161 Å². The van der Waals surface area contributed by atoms with E-state index in [-0.39, 0.29) is 22.9 Å². The number of hydrogen-bond donors (Lipinski definition) is 3. The van der Waals surface area contributed by atoms with Gasteiger partial charge < -0.3 is 25.4 Å². The Morgan fingerprint density at radius 2 is 1.43 bits per heavy atom. The Morgan fingerprint density at radius 1 is 0.735 bits per heavy atom. The minimum absolute atomic E-state index is 0.0357. The van der Waals surface area contributed by atoms with Gasteiger partial charge in [-0.2, -0.15) is 0 Å². The summed E-state index contributed by atoms with van der Waals surface area (Å²) < 4.78 is 10.7. The van der Waals surface area contributed by atoms with Gasteiger partial charge in [0.05, 0.1) is 24.1 Å². The maximum Gasteiger partial charge on any atom is 0.339 e. The van der Waals surface area contributed by atoms with Crippen molar-refractivity contribution in [2.24, 2.45) is 0 Å². The van der Waals surface area contributed by atoms with Gasteiger partial charge in [-0.1, -0.05) is 78.9 Å². The highest BCUT2D eigenvalue weighted by Crippen LogP contribution is 2.24. The van der Waals surface area contributed by atoms with Crippen LogP contribution in [-0.2, 0) is 20.9 Å². The molecule has 3 N–H and O–H groups in total. The van der Waals surface area contributed by atoms with Gasteiger partial charge in [0.2, 0.25) is 5.91 Å². The molecule has 0 aromatic heterocycles. The first-order valence-electron chi connectivity index (χ1n) is 15.2. The van der Waals surface area contributed by atoms with E-state index in [1.54, 1.807) is 103 Å². The first kappa shape index (κ1) is 34.2. The van der Waals surface area contributed by atoms with Crippen LogP contribution in [0, 0.1) is 0 Å². The summed E-state index contributed by atoms with van der Waals surface area (Å²) in [6, 6.07) is 39.2. The molecule has 5 rings (SSSR count). The van der Waals surface area contributed by atoms with E-state index >= 15 is 0 Å². The van der Waals surface area contributed by atoms with Crippen LogP contribution in [0.5, 0.6) is 5.75 Å². The van der Waals surface area contributed by atoms with E-state index in [9.17, 15) is 19.2 Å². The largest absolute Gasteiger partial charge is 0.489 e. The van der Waals surface area contributed by atoms with Crippen LogP contribution in [0.25, 0.3) is 6.08 Å². The smallest absolute Gasteiger partial charge is 0.339 e. The fourth-order valence-corrected chi connectivity index (χ4v) is 5.34. The highest BCUT2D eigenvalue weighted by atomic mass is 32.2. The minimum atomic E-state index is -0.551. The minimum Gasteiger partial charge on any atom is -0.489 e. The highest BCUT2D eigenvalue weighted by Gasteiger charge is 2.16. The first-order valence-corrected chi connectivity index (χ1v) is 16.2. The van der Waals surface area contributed by atoms with E-state index in [2.05, 4.69) is 16.0 Å². The number of para-hydroxylation sites is 1. The summed E-state index contributed by atoms with van der Waals surface area (Å²) in [5.41, 5.74) is 3.23. The zero-order valence-corrected chi connectivity index (χ0v) is 27.4. The second-order valence-electron chi connectivity index (χ2n) is 10.6. The van der Waals surface area contributed by atoms with Crippen molar-refractivity contribution < 1.29 is 28.7 Å². The number of ether oxygens (including phenoxy) is 2. The fourth-order valence-electron chi connectivity index (χ4n) is 4.59. The molecule has 9 nitrogen and oxygen atoms in total. The number of carbonyl (C=O) groups is 4. The lowest BCUT2D eigenvalue weighted by molar-refractivity contribution is -0.114. The van der Waals surface area contributed by atoms with Crippen LogP contribution >= 0.6 is 11.8 Å². The number of thioether (sulfide) groups is 1. The summed E-state index contributed by atoms with van der Waals surface area (Å²) in [6.45, 7) is 0.419. The molecule has 0 saturated carbocycles. The number of carbonyl (C=O) groups excluding carboxylic acids is 4. The van der Waals surface area contributed by atoms with E-state index in [1.807, 2.05) is 36.4 Å². The number of benzene rings is 5. The number of rotatable bonds is 13. The van der Waals surface area contributed by atoms with Gasteiger partial charge >= 0.3 is 5.97 Å². The first-order chi connectivity index (χ1) is 23.9. The van der Waals surface area contributed by atoms with Crippen LogP contribution in [0.1, 0.15) is 31.8 Å². The Morgan fingerprint density at radius 3 is 2.16 bits per heavy atom. The third-order valence-corrected chi connectivity index (χ3v) is 8.03. The van der Waals surface area contributed by atoms with E-state index in [0.717, 1.165) is 10.5 Å². The summed E-state index contributed by atoms with van der Waals surface area (Å²) in [7, 11) is 1.28. The van der Waals surface area contributed by atoms with Gasteiger partial charge in [-0.25, -0.2) is 4.79 Å². The predicted molar refractivity (Wildman–Crippen MR) is 191 cm³/mol. The zero-order chi connectivity index (χ0) is 34.4. The van der Waals surface area contributed by atoms with Crippen LogP contribution < -0.4 is 20.7 Å². The third kappa shape index (κ3) is 10.2. The zero-order valence-electron chi connectivity index (χ0n) is 26.6. The van der Waals surface area contributed by atoms with Gasteiger partial charge in [0.15, 0.2) is 0 Å². The monoisotopic (exact) mass is 671 g/mol. The summed E-state index contributed by atoms with van der Waals surface area (Å²) in [4.78, 5) is 52.1. The molecular weight excluding hydrogens is 639 g/mol. The van der Waals surface area contributed by atoms with E-state index in [0.29, 0.717) is 34.9 Å². The Labute approximate surface area is 288 Å². The second kappa shape index (κ2) is 17.1. The molecule has 246 valence electrons. The molecule has 0 unspecified atom stereocenters. The molecule has 0 fully saturated rings. The van der Waals surface area contributed by atoms with Crippen molar-refractivity contribution in [2.45, 2.75) is 11.5 Å². The molecule has 0 saturated heterocycles. The standard InChI is InChI=1S/C39H33N3O6S/c1-47-39(46)33-17-8-9-18-34(33)41-36(43)26-49-32-16-10-15-30(24-32)40-38(45)35(42-37(44)29-13-6-3-7-14-29)23-27-19-21-31(22-20-27)48-25-28-11-4-2-5-12-28/h2-24H,25-26H2,1H3,(H,40,45)(H,41,43)(H,42,44)/b35-23+. The van der Waals surface area contributed by atoms with Gasteiger partial charge in [-0.3, -0.25) is 14.4 Å². The van der Waals surface area contributed by atoms with Gasteiger partial charge in [0.25, 0.3) is 11.8 Å². The number of esters is 1. The molecule has 0 radical (unpaired) electrons. The average Bonchev–Trinajstić information content (AvgIpc) is 3.14. The summed E-state index contributed by atoms with van der Waals surface area (Å²) in [5, 5.41) is 8.34. The van der Waals surface area contributed by atoms with E-state index in [4.69, 9.17) is 9.47 Å². The molecule has 0 aliphatic rings. The Kier molecular flexibility index (Phi) is 12.0. The van der Waals surface area contributed by atoms with Gasteiger partial charge in [-0.05, 0) is 71.8 Å². The lowest BCUT2D eigenvalue weighted by atomic mass is 10.1. The SMILES string of the molecule is COC(=O)c1ccccc1NC(=O)CSc1cccc(NC(=O)/C(=C\c2ccc(OCc3ccccc3)cc2)NC(=O)c2ccccc2)c1. The van der Waals surface area contributed by atoms with Crippen LogP contribution in [0.15, 0.2) is 144 Å². The molecule has 5 aromatic carbocycles. The lowest BCUT2D eigenvalue weighted by Crippen LogP contribution is -2.30. The molecule has 49 heavy (non-hydrogen) atoms. The molecular formula is C39H33N3O6S. The normalized spacial score (nSPS) is 10.8. The number of nitrogens with one attached hydrogen (secondary N) is 3. The number of anilines is 2. The molecule has 0 atom stereocenters. The lowest BCUT2D eigenvalue weighted by Gasteiger charge is -2.13. The van der Waals surface area contributed by atoms with Gasteiger partial charge in [0.1, 0.15) is 18.1 Å². The Balaban J connectivity index is 1.26. The molecule has 0 aliphatic heterocycles. The van der Waals surface area contributed by atoms with Gasteiger partial charge in [0, 0.05) is 16.1 Å². The van der Waals surface area contributed by atoms with Crippen molar-refractivity contribution in [3.63, 3.8) is 0 Å². The van der Waals surface area contributed by atoms with Crippen LogP contribution in [0.4, 0.5) is 11.4 Å². The second-order valence-corrected chi connectivity index (χ2v) is 11.6. The van der Waals surface area contributed by atoms with Crippen LogP contribution in [0.2, 0.25) is 0 Å². The van der Waals surface area contributed by atoms with Gasteiger partial charge in [-0.15, -0.1) is 11.8 Å². The maximum atomic E-state index is 13.6. The fraction of sp³-hybridized carbons (Fsp3) is 0.0769.